The van der Waals surface area contributed by atoms with Crippen molar-refractivity contribution in [2.24, 2.45) is 5.73 Å². The molecule has 0 spiro atoms. The number of nitrogens with two attached hydrogens (primary N) is 1. The maximum absolute atomic E-state index is 13.5. The first-order valence-electron chi connectivity index (χ1n) is 4.61. The molecule has 1 aliphatic heterocycles. The van der Waals surface area contributed by atoms with Crippen LogP contribution >= 0.6 is 11.6 Å². The second-order valence-electron chi connectivity index (χ2n) is 3.48. The summed E-state index contributed by atoms with van der Waals surface area (Å²) in [6, 6.07) is 3.72. The van der Waals surface area contributed by atoms with Gasteiger partial charge in [0.1, 0.15) is 5.82 Å². The summed E-state index contributed by atoms with van der Waals surface area (Å²) in [6.45, 7) is 0.457. The molecular formula is C10H10ClFN2O. The van der Waals surface area contributed by atoms with E-state index >= 15 is 0 Å². The van der Waals surface area contributed by atoms with Gasteiger partial charge in [0.05, 0.1) is 11.7 Å². The van der Waals surface area contributed by atoms with Crippen molar-refractivity contribution in [2.75, 3.05) is 11.4 Å². The molecule has 0 aromatic heterocycles. The number of carbonyl (C=O) groups is 1. The molecule has 5 heteroatoms. The van der Waals surface area contributed by atoms with E-state index in [2.05, 4.69) is 0 Å². The zero-order valence-electron chi connectivity index (χ0n) is 7.91. The second kappa shape index (κ2) is 3.79. The van der Waals surface area contributed by atoms with E-state index in [1.54, 1.807) is 6.07 Å². The van der Waals surface area contributed by atoms with Gasteiger partial charge < -0.3 is 10.6 Å². The van der Waals surface area contributed by atoms with Crippen LogP contribution in [0.4, 0.5) is 10.1 Å². The van der Waals surface area contributed by atoms with Crippen LogP contribution in [-0.4, -0.2) is 18.5 Å². The van der Waals surface area contributed by atoms with Gasteiger partial charge in [0.2, 0.25) is 5.91 Å². The molecule has 0 unspecified atom stereocenters. The van der Waals surface area contributed by atoms with Crippen molar-refractivity contribution in [1.29, 1.82) is 0 Å². The number of hydrogen-bond acceptors (Lipinski definition) is 2. The van der Waals surface area contributed by atoms with E-state index in [-0.39, 0.29) is 11.6 Å². The van der Waals surface area contributed by atoms with Crippen LogP contribution in [0.5, 0.6) is 0 Å². The topological polar surface area (TPSA) is 46.3 Å². The van der Waals surface area contributed by atoms with E-state index in [4.69, 9.17) is 17.3 Å². The van der Waals surface area contributed by atoms with Gasteiger partial charge in [-0.1, -0.05) is 11.6 Å². The van der Waals surface area contributed by atoms with E-state index in [1.165, 1.54) is 17.0 Å². The van der Waals surface area contributed by atoms with Crippen LogP contribution < -0.4 is 10.6 Å². The Morgan fingerprint density at radius 1 is 1.53 bits per heavy atom. The Morgan fingerprint density at radius 2 is 2.27 bits per heavy atom. The molecule has 1 fully saturated rings. The molecule has 1 aliphatic rings. The van der Waals surface area contributed by atoms with Crippen molar-refractivity contribution < 1.29 is 9.18 Å². The molecule has 1 heterocycles. The van der Waals surface area contributed by atoms with E-state index in [9.17, 15) is 9.18 Å². The van der Waals surface area contributed by atoms with Crippen molar-refractivity contribution in [1.82, 2.24) is 0 Å². The minimum Gasteiger partial charge on any atom is -0.320 e. The Bertz CT molecular complexity index is 410. The van der Waals surface area contributed by atoms with Crippen molar-refractivity contribution in [3.05, 3.63) is 29.0 Å². The molecule has 3 nitrogen and oxygen atoms in total. The summed E-state index contributed by atoms with van der Waals surface area (Å²) >= 11 is 5.62. The fourth-order valence-electron chi connectivity index (χ4n) is 1.64. The Kier molecular flexibility index (Phi) is 2.63. The van der Waals surface area contributed by atoms with Gasteiger partial charge in [-0.25, -0.2) is 4.39 Å². The first-order chi connectivity index (χ1) is 7.09. The first-order valence-corrected chi connectivity index (χ1v) is 4.99. The van der Waals surface area contributed by atoms with E-state index < -0.39 is 11.9 Å². The predicted molar refractivity (Wildman–Crippen MR) is 56.4 cm³/mol. The maximum atomic E-state index is 13.5. The fraction of sp³-hybridized carbons (Fsp3) is 0.300. The van der Waals surface area contributed by atoms with Crippen LogP contribution in [0.15, 0.2) is 18.2 Å². The number of hydrogen-bond donors (Lipinski definition) is 1. The number of nitrogens with zero attached hydrogens (tertiary/aromatic N) is 1. The minimum atomic E-state index is -0.514. The van der Waals surface area contributed by atoms with Crippen LogP contribution in [0.25, 0.3) is 0 Å². The van der Waals surface area contributed by atoms with Crippen LogP contribution in [-0.2, 0) is 4.79 Å². The van der Waals surface area contributed by atoms with Gasteiger partial charge in [-0.2, -0.15) is 0 Å². The van der Waals surface area contributed by atoms with Crippen LogP contribution in [0, 0.1) is 5.82 Å². The molecule has 0 aliphatic carbocycles. The summed E-state index contributed by atoms with van der Waals surface area (Å²) < 4.78 is 13.5. The highest BCUT2D eigenvalue weighted by molar-refractivity contribution is 6.30. The third-order valence-corrected chi connectivity index (χ3v) is 2.68. The fourth-order valence-corrected chi connectivity index (χ4v) is 1.80. The van der Waals surface area contributed by atoms with E-state index in [0.29, 0.717) is 18.0 Å². The molecule has 80 valence electrons. The summed E-state index contributed by atoms with van der Waals surface area (Å²) in [7, 11) is 0. The summed E-state index contributed by atoms with van der Waals surface area (Å²) in [5.74, 6) is -0.735. The molecule has 0 bridgehead atoms. The smallest absolute Gasteiger partial charge is 0.244 e. The van der Waals surface area contributed by atoms with Gasteiger partial charge in [0.15, 0.2) is 0 Å². The zero-order valence-corrected chi connectivity index (χ0v) is 8.67. The van der Waals surface area contributed by atoms with Crippen LogP contribution in [0.1, 0.15) is 6.42 Å². The highest BCUT2D eigenvalue weighted by atomic mass is 35.5. The van der Waals surface area contributed by atoms with Crippen molar-refractivity contribution in [3.63, 3.8) is 0 Å². The molecule has 1 atom stereocenters. The van der Waals surface area contributed by atoms with Crippen LogP contribution in [0.2, 0.25) is 5.02 Å². The molecule has 0 radical (unpaired) electrons. The normalized spacial score (nSPS) is 21.1. The van der Waals surface area contributed by atoms with Crippen molar-refractivity contribution in [2.45, 2.75) is 12.5 Å². The quantitative estimate of drug-likeness (QED) is 0.793. The van der Waals surface area contributed by atoms with Gasteiger partial charge >= 0.3 is 0 Å². The summed E-state index contributed by atoms with van der Waals surface area (Å²) in [6.07, 6.45) is 0.556. The number of anilines is 1. The lowest BCUT2D eigenvalue weighted by molar-refractivity contribution is -0.118. The molecule has 0 saturated carbocycles. The van der Waals surface area contributed by atoms with E-state index in [1.807, 2.05) is 0 Å². The van der Waals surface area contributed by atoms with Gasteiger partial charge in [0, 0.05) is 11.6 Å². The lowest BCUT2D eigenvalue weighted by Gasteiger charge is -2.16. The monoisotopic (exact) mass is 228 g/mol. The highest BCUT2D eigenvalue weighted by Crippen LogP contribution is 2.26. The Balaban J connectivity index is 2.34. The predicted octanol–water partition coefficient (Wildman–Crippen LogP) is 1.54. The zero-order chi connectivity index (χ0) is 11.0. The highest BCUT2D eigenvalue weighted by Gasteiger charge is 2.30. The number of amides is 1. The SMILES string of the molecule is N[C@H]1CCN(c2ccc(Cl)cc2F)C1=O. The third-order valence-electron chi connectivity index (χ3n) is 2.45. The van der Waals surface area contributed by atoms with Crippen molar-refractivity contribution in [3.8, 4) is 0 Å². The van der Waals surface area contributed by atoms with Gasteiger partial charge in [-0.3, -0.25) is 4.79 Å². The summed E-state index contributed by atoms with van der Waals surface area (Å²) in [4.78, 5) is 12.9. The molecule has 1 saturated heterocycles. The average molecular weight is 229 g/mol. The van der Waals surface area contributed by atoms with Gasteiger partial charge in [0.25, 0.3) is 0 Å². The number of halogens is 2. The number of rotatable bonds is 1. The molecule has 1 aromatic rings. The first kappa shape index (κ1) is 10.4. The van der Waals surface area contributed by atoms with E-state index in [0.717, 1.165) is 0 Å². The molecule has 1 amide bonds. The Morgan fingerprint density at radius 3 is 2.80 bits per heavy atom. The molecule has 1 aromatic carbocycles. The lowest BCUT2D eigenvalue weighted by atomic mass is 10.2. The molecular weight excluding hydrogens is 219 g/mol. The average Bonchev–Trinajstić information content (AvgIpc) is 2.49. The minimum absolute atomic E-state index is 0.240. The number of carbonyl (C=O) groups excluding carboxylic acids is 1. The van der Waals surface area contributed by atoms with Crippen molar-refractivity contribution >= 4 is 23.2 Å². The summed E-state index contributed by atoms with van der Waals surface area (Å²) in [5.41, 5.74) is 5.79. The van der Waals surface area contributed by atoms with Gasteiger partial charge in [-0.05, 0) is 24.6 Å². The largest absolute Gasteiger partial charge is 0.320 e. The third kappa shape index (κ3) is 1.82. The lowest BCUT2D eigenvalue weighted by Crippen LogP contribution is -2.34. The Labute approximate surface area is 91.6 Å². The molecule has 2 rings (SSSR count). The van der Waals surface area contributed by atoms with Gasteiger partial charge in [-0.15, -0.1) is 0 Å². The molecule has 2 N–H and O–H groups in total. The second-order valence-corrected chi connectivity index (χ2v) is 3.92. The van der Waals surface area contributed by atoms with Crippen LogP contribution in [0.3, 0.4) is 0 Å². The Hall–Kier alpha value is -1.13. The standard InChI is InChI=1S/C10H10ClFN2O/c11-6-1-2-9(7(12)5-6)14-4-3-8(13)10(14)15/h1-2,5,8H,3-4,13H2/t8-/m0/s1. The molecule has 15 heavy (non-hydrogen) atoms. The maximum Gasteiger partial charge on any atom is 0.244 e. The summed E-state index contributed by atoms with van der Waals surface area (Å²) in [5, 5.41) is 0.312. The number of benzene rings is 1.